The molecule has 0 saturated carbocycles. The molecule has 40 heavy (non-hydrogen) atoms. The summed E-state index contributed by atoms with van der Waals surface area (Å²) >= 11 is 0. The SMILES string of the molecule is C=CCOc1c([Si](CC)(CC)C2c3ccc(C(C)(C)C)cc3-c3cc(C(C)(C)C)ccc32)ccc2ccccc12. The van der Waals surface area contributed by atoms with Crippen molar-refractivity contribution in [2.24, 2.45) is 0 Å². The Hall–Kier alpha value is -3.10. The Labute approximate surface area is 243 Å². The fourth-order valence-electron chi connectivity index (χ4n) is 6.91. The van der Waals surface area contributed by atoms with Crippen LogP contribution >= 0.6 is 0 Å². The van der Waals surface area contributed by atoms with E-state index in [1.54, 1.807) is 0 Å². The highest BCUT2D eigenvalue weighted by Crippen LogP contribution is 2.53. The van der Waals surface area contributed by atoms with Gasteiger partial charge in [0.25, 0.3) is 0 Å². The van der Waals surface area contributed by atoms with Crippen molar-refractivity contribution in [1.29, 1.82) is 0 Å². The maximum atomic E-state index is 6.59. The molecule has 5 rings (SSSR count). The number of hydrogen-bond acceptors (Lipinski definition) is 1. The molecule has 2 heteroatoms. The zero-order valence-electron chi connectivity index (χ0n) is 25.8. The van der Waals surface area contributed by atoms with E-state index in [1.165, 1.54) is 49.3 Å². The van der Waals surface area contributed by atoms with E-state index < -0.39 is 8.07 Å². The van der Waals surface area contributed by atoms with Crippen LogP contribution in [0.15, 0.2) is 85.5 Å². The van der Waals surface area contributed by atoms with Crippen molar-refractivity contribution in [1.82, 2.24) is 0 Å². The second-order valence-electron chi connectivity index (χ2n) is 13.7. The first-order chi connectivity index (χ1) is 19.0. The Morgan fingerprint density at radius 2 is 1.30 bits per heavy atom. The summed E-state index contributed by atoms with van der Waals surface area (Å²) in [6, 6.07) is 30.4. The van der Waals surface area contributed by atoms with Crippen LogP contribution in [0.3, 0.4) is 0 Å². The normalized spacial score (nSPS) is 13.8. The molecule has 0 radical (unpaired) electrons. The summed E-state index contributed by atoms with van der Waals surface area (Å²) in [5.41, 5.74) is 9.27. The standard InChI is InChI=1S/C38H46OSi/c1-10-23-39-35-29-16-14-13-15-26(29)17-22-34(35)40(11-2,12-3)36-30-20-18-27(37(4,5)6)24-32(30)33-25-28(38(7,8)9)19-21-31(33)36/h10,13-22,24-25,36H,1,11-12,23H2,2-9H3. The highest BCUT2D eigenvalue weighted by atomic mass is 28.3. The van der Waals surface area contributed by atoms with Crippen molar-refractivity contribution < 1.29 is 4.74 Å². The molecule has 0 spiro atoms. The molecule has 0 N–H and O–H groups in total. The lowest BCUT2D eigenvalue weighted by atomic mass is 9.83. The van der Waals surface area contributed by atoms with Gasteiger partial charge in [0.2, 0.25) is 0 Å². The quantitative estimate of drug-likeness (QED) is 0.165. The molecular weight excluding hydrogens is 501 g/mol. The Morgan fingerprint density at radius 1 is 0.750 bits per heavy atom. The van der Waals surface area contributed by atoms with Crippen molar-refractivity contribution in [3.8, 4) is 16.9 Å². The number of hydrogen-bond donors (Lipinski definition) is 0. The molecule has 0 amide bonds. The molecule has 1 nitrogen and oxygen atoms in total. The number of benzene rings is 4. The van der Waals surface area contributed by atoms with E-state index in [0.717, 1.165) is 17.8 Å². The Balaban J connectivity index is 1.83. The van der Waals surface area contributed by atoms with Gasteiger partial charge in [-0.1, -0.05) is 153 Å². The predicted octanol–water partition coefficient (Wildman–Crippen LogP) is 10.0. The van der Waals surface area contributed by atoms with Crippen molar-refractivity contribution in [3.63, 3.8) is 0 Å². The first-order valence-corrected chi connectivity index (χ1v) is 17.5. The van der Waals surface area contributed by atoms with Gasteiger partial charge in [0.1, 0.15) is 20.4 Å². The second-order valence-corrected chi connectivity index (χ2v) is 18.5. The van der Waals surface area contributed by atoms with Crippen molar-refractivity contribution in [3.05, 3.63) is 108 Å². The molecule has 0 unspecified atom stereocenters. The van der Waals surface area contributed by atoms with Crippen LogP contribution in [0.4, 0.5) is 0 Å². The fraction of sp³-hybridized carbons (Fsp3) is 0.368. The first kappa shape index (κ1) is 28.4. The predicted molar refractivity (Wildman–Crippen MR) is 177 cm³/mol. The summed E-state index contributed by atoms with van der Waals surface area (Å²) in [7, 11) is -2.19. The molecule has 1 aliphatic carbocycles. The molecule has 4 aromatic rings. The lowest BCUT2D eigenvalue weighted by Gasteiger charge is -2.39. The number of fused-ring (bicyclic) bond motifs is 4. The summed E-state index contributed by atoms with van der Waals surface area (Å²) in [6.07, 6.45) is 1.87. The molecular formula is C38H46OSi. The van der Waals surface area contributed by atoms with Gasteiger partial charge in [-0.05, 0) is 54.8 Å². The van der Waals surface area contributed by atoms with Crippen LogP contribution in [-0.2, 0) is 10.8 Å². The van der Waals surface area contributed by atoms with Crippen LogP contribution in [0.2, 0.25) is 12.1 Å². The lowest BCUT2D eigenvalue weighted by Crippen LogP contribution is -2.52. The van der Waals surface area contributed by atoms with E-state index in [9.17, 15) is 0 Å². The third-order valence-corrected chi connectivity index (χ3v) is 15.0. The van der Waals surface area contributed by atoms with Gasteiger partial charge in [-0.15, -0.1) is 0 Å². The van der Waals surface area contributed by atoms with E-state index >= 15 is 0 Å². The average Bonchev–Trinajstić information content (AvgIpc) is 3.26. The van der Waals surface area contributed by atoms with Crippen molar-refractivity contribution in [2.45, 2.75) is 83.8 Å². The molecule has 1 aliphatic rings. The van der Waals surface area contributed by atoms with Gasteiger partial charge in [-0.3, -0.25) is 0 Å². The van der Waals surface area contributed by atoms with Gasteiger partial charge >= 0.3 is 0 Å². The smallest absolute Gasteiger partial charge is 0.126 e. The molecule has 208 valence electrons. The van der Waals surface area contributed by atoms with Gasteiger partial charge in [0.15, 0.2) is 0 Å². The van der Waals surface area contributed by atoms with Gasteiger partial charge in [-0.2, -0.15) is 0 Å². The van der Waals surface area contributed by atoms with Crippen molar-refractivity contribution in [2.75, 3.05) is 6.61 Å². The maximum Gasteiger partial charge on any atom is 0.126 e. The largest absolute Gasteiger partial charge is 0.489 e. The monoisotopic (exact) mass is 546 g/mol. The van der Waals surface area contributed by atoms with Gasteiger partial charge in [-0.25, -0.2) is 0 Å². The van der Waals surface area contributed by atoms with E-state index in [-0.39, 0.29) is 10.8 Å². The van der Waals surface area contributed by atoms with Crippen LogP contribution in [-0.4, -0.2) is 14.7 Å². The minimum Gasteiger partial charge on any atom is -0.489 e. The van der Waals surface area contributed by atoms with Crippen molar-refractivity contribution >= 4 is 24.0 Å². The molecule has 0 heterocycles. The maximum absolute atomic E-state index is 6.59. The summed E-state index contributed by atoms with van der Waals surface area (Å²) in [4.78, 5) is 0. The summed E-state index contributed by atoms with van der Waals surface area (Å²) in [6.45, 7) is 23.3. The third-order valence-electron chi connectivity index (χ3n) is 9.33. The molecule has 0 atom stereocenters. The van der Waals surface area contributed by atoms with Gasteiger partial charge in [0, 0.05) is 10.9 Å². The fourth-order valence-corrected chi connectivity index (χ4v) is 12.1. The molecule has 4 aromatic carbocycles. The third kappa shape index (κ3) is 4.65. The van der Waals surface area contributed by atoms with Crippen LogP contribution < -0.4 is 9.92 Å². The van der Waals surface area contributed by atoms with Crippen LogP contribution in [0.25, 0.3) is 21.9 Å². The Morgan fingerprint density at radius 3 is 1.80 bits per heavy atom. The highest BCUT2D eigenvalue weighted by Gasteiger charge is 2.48. The van der Waals surface area contributed by atoms with Crippen LogP contribution in [0.5, 0.6) is 5.75 Å². The number of ether oxygens (including phenoxy) is 1. The molecule has 0 aliphatic heterocycles. The van der Waals surface area contributed by atoms with E-state index in [0.29, 0.717) is 12.1 Å². The zero-order chi connectivity index (χ0) is 28.9. The number of rotatable bonds is 7. The molecule has 0 saturated heterocycles. The minimum absolute atomic E-state index is 0.100. The van der Waals surface area contributed by atoms with E-state index in [2.05, 4.69) is 135 Å². The zero-order valence-corrected chi connectivity index (χ0v) is 26.8. The first-order valence-electron chi connectivity index (χ1n) is 15.0. The average molecular weight is 547 g/mol. The van der Waals surface area contributed by atoms with Crippen LogP contribution in [0, 0.1) is 0 Å². The topological polar surface area (TPSA) is 9.23 Å². The highest BCUT2D eigenvalue weighted by molar-refractivity contribution is 6.94. The lowest BCUT2D eigenvalue weighted by molar-refractivity contribution is 0.370. The summed E-state index contributed by atoms with van der Waals surface area (Å²) in [5.74, 6) is 1.07. The van der Waals surface area contributed by atoms with E-state index in [4.69, 9.17) is 4.74 Å². The second kappa shape index (κ2) is 10.4. The van der Waals surface area contributed by atoms with Crippen LogP contribution in [0.1, 0.15) is 83.2 Å². The summed E-state index contributed by atoms with van der Waals surface area (Å²) in [5, 5.41) is 3.89. The molecule has 0 bridgehead atoms. The Kier molecular flexibility index (Phi) is 7.38. The molecule has 0 aromatic heterocycles. The summed E-state index contributed by atoms with van der Waals surface area (Å²) < 4.78 is 6.59. The molecule has 0 fully saturated rings. The van der Waals surface area contributed by atoms with E-state index in [1.807, 2.05) is 6.08 Å². The minimum atomic E-state index is -2.19. The van der Waals surface area contributed by atoms with Gasteiger partial charge in [0.05, 0.1) is 0 Å². The Bertz CT molecular complexity index is 1500. The van der Waals surface area contributed by atoms with Gasteiger partial charge < -0.3 is 4.74 Å².